The van der Waals surface area contributed by atoms with E-state index in [2.05, 4.69) is 10.6 Å². The second kappa shape index (κ2) is 6.29. The van der Waals surface area contributed by atoms with Crippen molar-refractivity contribution in [3.8, 4) is 0 Å². The molecule has 3 nitrogen and oxygen atoms in total. The van der Waals surface area contributed by atoms with Crippen molar-refractivity contribution >= 4 is 34.8 Å². The first kappa shape index (κ1) is 15.5. The number of halogens is 3. The summed E-state index contributed by atoms with van der Waals surface area (Å²) in [7, 11) is 0. The predicted octanol–water partition coefficient (Wildman–Crippen LogP) is 3.85. The molecule has 2 rings (SSSR count). The Morgan fingerprint density at radius 2 is 2.10 bits per heavy atom. The van der Waals surface area contributed by atoms with Crippen molar-refractivity contribution < 1.29 is 9.18 Å². The highest BCUT2D eigenvalue weighted by Crippen LogP contribution is 2.33. The maximum absolute atomic E-state index is 13.4. The number of amides is 1. The van der Waals surface area contributed by atoms with Crippen LogP contribution in [-0.4, -0.2) is 19.0 Å². The lowest BCUT2D eigenvalue weighted by Crippen LogP contribution is -2.47. The van der Waals surface area contributed by atoms with Crippen LogP contribution >= 0.6 is 23.2 Å². The third-order valence-corrected chi connectivity index (χ3v) is 4.42. The monoisotopic (exact) mass is 318 g/mol. The first-order valence-electron chi connectivity index (χ1n) is 6.65. The summed E-state index contributed by atoms with van der Waals surface area (Å²) in [6.07, 6.45) is 2.55. The summed E-state index contributed by atoms with van der Waals surface area (Å²) in [5.41, 5.74) is -0.00390. The number of hydrogen-bond donors (Lipinski definition) is 2. The fourth-order valence-electron chi connectivity index (χ4n) is 2.52. The standard InChI is InChI=1S/C14H17Cl2FN2O/c1-2-14(4-3-5-18-8-14)13(20)19-9-6-10(15)12(17)11(16)7-9/h6-7,18H,2-5,8H2,1H3,(H,19,20). The van der Waals surface area contributed by atoms with Crippen molar-refractivity contribution in [3.63, 3.8) is 0 Å². The average molecular weight is 319 g/mol. The van der Waals surface area contributed by atoms with Crippen molar-refractivity contribution in [1.82, 2.24) is 5.32 Å². The molecule has 0 spiro atoms. The molecule has 1 aliphatic heterocycles. The summed E-state index contributed by atoms with van der Waals surface area (Å²) in [6, 6.07) is 2.75. The lowest BCUT2D eigenvalue weighted by atomic mass is 9.77. The fourth-order valence-corrected chi connectivity index (χ4v) is 3.00. The van der Waals surface area contributed by atoms with Gasteiger partial charge in [0, 0.05) is 12.2 Å². The topological polar surface area (TPSA) is 41.1 Å². The van der Waals surface area contributed by atoms with Crippen molar-refractivity contribution in [2.24, 2.45) is 5.41 Å². The van der Waals surface area contributed by atoms with Crippen molar-refractivity contribution in [3.05, 3.63) is 28.0 Å². The Labute approximate surface area is 127 Å². The molecule has 1 heterocycles. The summed E-state index contributed by atoms with van der Waals surface area (Å²) in [6.45, 7) is 3.58. The molecule has 2 N–H and O–H groups in total. The molecule has 0 saturated carbocycles. The average Bonchev–Trinajstić information content (AvgIpc) is 2.45. The number of rotatable bonds is 3. The molecule has 1 aromatic carbocycles. The maximum atomic E-state index is 13.4. The van der Waals surface area contributed by atoms with Crippen LogP contribution in [0.5, 0.6) is 0 Å². The van der Waals surface area contributed by atoms with E-state index in [-0.39, 0.29) is 16.0 Å². The van der Waals surface area contributed by atoms with Crippen LogP contribution in [0.4, 0.5) is 10.1 Å². The first-order chi connectivity index (χ1) is 9.48. The first-order valence-corrected chi connectivity index (χ1v) is 7.41. The van der Waals surface area contributed by atoms with Crippen LogP contribution < -0.4 is 10.6 Å². The van der Waals surface area contributed by atoms with E-state index in [4.69, 9.17) is 23.2 Å². The van der Waals surface area contributed by atoms with Crippen LogP contribution in [0, 0.1) is 11.2 Å². The van der Waals surface area contributed by atoms with Gasteiger partial charge in [-0.15, -0.1) is 0 Å². The zero-order valence-electron chi connectivity index (χ0n) is 11.2. The van der Waals surface area contributed by atoms with Crippen LogP contribution in [0.1, 0.15) is 26.2 Å². The van der Waals surface area contributed by atoms with Crippen molar-refractivity contribution in [2.45, 2.75) is 26.2 Å². The van der Waals surface area contributed by atoms with Crippen LogP contribution in [-0.2, 0) is 4.79 Å². The summed E-state index contributed by atoms with van der Waals surface area (Å²) in [5, 5.41) is 5.86. The SMILES string of the molecule is CCC1(C(=O)Nc2cc(Cl)c(F)c(Cl)c2)CCCNC1. The largest absolute Gasteiger partial charge is 0.325 e. The highest BCUT2D eigenvalue weighted by atomic mass is 35.5. The molecule has 0 aliphatic carbocycles. The van der Waals surface area contributed by atoms with Gasteiger partial charge in [-0.3, -0.25) is 4.79 Å². The molecule has 6 heteroatoms. The summed E-state index contributed by atoms with van der Waals surface area (Å²) >= 11 is 11.5. The number of anilines is 1. The highest BCUT2D eigenvalue weighted by molar-refractivity contribution is 6.35. The van der Waals surface area contributed by atoms with E-state index in [1.54, 1.807) is 0 Å². The molecule has 0 aromatic heterocycles. The minimum absolute atomic E-state index is 0.0778. The van der Waals surface area contributed by atoms with Crippen LogP contribution in [0.2, 0.25) is 10.0 Å². The molecule has 1 amide bonds. The Balaban J connectivity index is 2.18. The zero-order chi connectivity index (χ0) is 14.8. The van der Waals surface area contributed by atoms with Crippen molar-refractivity contribution in [2.75, 3.05) is 18.4 Å². The molecule has 20 heavy (non-hydrogen) atoms. The highest BCUT2D eigenvalue weighted by Gasteiger charge is 2.37. The number of piperidine rings is 1. The lowest BCUT2D eigenvalue weighted by Gasteiger charge is -2.35. The molecule has 0 bridgehead atoms. The lowest BCUT2D eigenvalue weighted by molar-refractivity contribution is -0.126. The van der Waals surface area contributed by atoms with Gasteiger partial charge in [-0.05, 0) is 37.9 Å². The molecule has 1 atom stereocenters. The van der Waals surface area contributed by atoms with E-state index in [9.17, 15) is 9.18 Å². The number of carbonyl (C=O) groups excluding carboxylic acids is 1. The third-order valence-electron chi connectivity index (χ3n) is 3.87. The number of hydrogen-bond acceptors (Lipinski definition) is 2. The van der Waals surface area contributed by atoms with Crippen LogP contribution in [0.3, 0.4) is 0 Å². The van der Waals surface area contributed by atoms with Gasteiger partial charge in [0.2, 0.25) is 5.91 Å². The molecular weight excluding hydrogens is 302 g/mol. The van der Waals surface area contributed by atoms with Crippen LogP contribution in [0.15, 0.2) is 12.1 Å². The summed E-state index contributed by atoms with van der Waals surface area (Å²) in [5.74, 6) is -0.748. The number of nitrogens with one attached hydrogen (secondary N) is 2. The normalized spacial score (nSPS) is 22.6. The van der Waals surface area contributed by atoms with Gasteiger partial charge in [0.05, 0.1) is 15.5 Å². The molecule has 0 radical (unpaired) electrons. The Hall–Kier alpha value is -0.840. The van der Waals surface area contributed by atoms with Gasteiger partial charge in [0.15, 0.2) is 5.82 Å². The minimum atomic E-state index is -0.670. The second-order valence-electron chi connectivity index (χ2n) is 5.12. The van der Waals surface area contributed by atoms with Gasteiger partial charge >= 0.3 is 0 Å². The predicted molar refractivity (Wildman–Crippen MR) is 79.9 cm³/mol. The zero-order valence-corrected chi connectivity index (χ0v) is 12.7. The third kappa shape index (κ3) is 3.08. The molecule has 1 aromatic rings. The second-order valence-corrected chi connectivity index (χ2v) is 5.94. The van der Waals surface area contributed by atoms with E-state index in [1.165, 1.54) is 12.1 Å². The Morgan fingerprint density at radius 1 is 1.45 bits per heavy atom. The summed E-state index contributed by atoms with van der Waals surface area (Å²) in [4.78, 5) is 12.5. The van der Waals surface area contributed by atoms with Gasteiger partial charge in [0.25, 0.3) is 0 Å². The number of carbonyl (C=O) groups is 1. The van der Waals surface area contributed by atoms with E-state index >= 15 is 0 Å². The molecule has 1 unspecified atom stereocenters. The molecule has 1 aliphatic rings. The molecule has 1 saturated heterocycles. The molecule has 110 valence electrons. The Kier molecular flexibility index (Phi) is 4.89. The van der Waals surface area contributed by atoms with E-state index < -0.39 is 11.2 Å². The fraction of sp³-hybridized carbons (Fsp3) is 0.500. The maximum Gasteiger partial charge on any atom is 0.231 e. The quantitative estimate of drug-likeness (QED) is 0.831. The summed E-state index contributed by atoms with van der Waals surface area (Å²) < 4.78 is 13.4. The number of benzene rings is 1. The van der Waals surface area contributed by atoms with E-state index in [1.807, 2.05) is 6.92 Å². The van der Waals surface area contributed by atoms with Crippen LogP contribution in [0.25, 0.3) is 0 Å². The molecule has 1 fully saturated rings. The van der Waals surface area contributed by atoms with E-state index in [0.717, 1.165) is 25.8 Å². The van der Waals surface area contributed by atoms with E-state index in [0.29, 0.717) is 12.2 Å². The Bertz CT molecular complexity index is 493. The minimum Gasteiger partial charge on any atom is -0.325 e. The van der Waals surface area contributed by atoms with Gasteiger partial charge in [0.1, 0.15) is 0 Å². The van der Waals surface area contributed by atoms with Gasteiger partial charge in [-0.1, -0.05) is 30.1 Å². The Morgan fingerprint density at radius 3 is 2.60 bits per heavy atom. The van der Waals surface area contributed by atoms with Gasteiger partial charge < -0.3 is 10.6 Å². The molecular formula is C14H17Cl2FN2O. The van der Waals surface area contributed by atoms with Crippen molar-refractivity contribution in [1.29, 1.82) is 0 Å². The van der Waals surface area contributed by atoms with Gasteiger partial charge in [-0.2, -0.15) is 0 Å². The smallest absolute Gasteiger partial charge is 0.231 e. The van der Waals surface area contributed by atoms with Gasteiger partial charge in [-0.25, -0.2) is 4.39 Å².